The molecule has 0 bridgehead atoms. The van der Waals surface area contributed by atoms with Crippen molar-refractivity contribution in [2.75, 3.05) is 23.9 Å². The summed E-state index contributed by atoms with van der Waals surface area (Å²) in [5.74, 6) is -4.51. The molecule has 2 aromatic heterocycles. The van der Waals surface area contributed by atoms with Gasteiger partial charge in [-0.3, -0.25) is 14.0 Å². The summed E-state index contributed by atoms with van der Waals surface area (Å²) in [4.78, 5) is 5.26. The molecule has 1 saturated heterocycles. The molecule has 0 spiro atoms. The Labute approximate surface area is 229 Å². The zero-order valence-electron chi connectivity index (χ0n) is 21.4. The quantitative estimate of drug-likeness (QED) is 0.256. The highest BCUT2D eigenvalue weighted by molar-refractivity contribution is 7.92. The molecule has 0 saturated carbocycles. The molecule has 40 heavy (non-hydrogen) atoms. The highest BCUT2D eigenvalue weighted by atomic mass is 32.2. The molecule has 0 atom stereocenters. The number of rotatable bonds is 8. The van der Waals surface area contributed by atoms with Crippen LogP contribution in [0, 0.1) is 30.3 Å². The van der Waals surface area contributed by atoms with Gasteiger partial charge >= 0.3 is 0 Å². The average molecular weight is 573 g/mol. The molecule has 0 aliphatic carbocycles. The summed E-state index contributed by atoms with van der Waals surface area (Å²) in [5, 5.41) is 4.50. The number of hydrogen-bond acceptors (Lipinski definition) is 5. The van der Waals surface area contributed by atoms with E-state index in [0.717, 1.165) is 44.1 Å². The van der Waals surface area contributed by atoms with Crippen LogP contribution in [0.4, 0.5) is 23.2 Å². The van der Waals surface area contributed by atoms with Gasteiger partial charge in [0.1, 0.15) is 28.0 Å². The highest BCUT2D eigenvalue weighted by Gasteiger charge is 2.31. The maximum Gasteiger partial charge on any atom is 0.267 e. The van der Waals surface area contributed by atoms with Crippen LogP contribution in [0.2, 0.25) is 0 Å². The van der Waals surface area contributed by atoms with Crippen LogP contribution in [-0.2, 0) is 16.6 Å². The number of halogens is 4. The fraction of sp³-hybridized carbons (Fsp3) is 0.250. The zero-order chi connectivity index (χ0) is 28.4. The van der Waals surface area contributed by atoms with Gasteiger partial charge in [-0.05, 0) is 74.0 Å². The first-order valence-corrected chi connectivity index (χ1v) is 14.1. The highest BCUT2D eigenvalue weighted by Crippen LogP contribution is 2.38. The molecule has 5 rings (SSSR count). The maximum absolute atomic E-state index is 16.1. The number of nitrogens with zero attached hydrogens (tertiary/aromatic N) is 5. The zero-order valence-corrected chi connectivity index (χ0v) is 22.2. The van der Waals surface area contributed by atoms with Gasteiger partial charge in [0.05, 0.1) is 24.8 Å². The van der Waals surface area contributed by atoms with E-state index in [1.165, 1.54) is 18.8 Å². The monoisotopic (exact) mass is 572 g/mol. The van der Waals surface area contributed by atoms with Crippen LogP contribution in [0.1, 0.15) is 19.3 Å². The van der Waals surface area contributed by atoms with Crippen LogP contribution in [0.3, 0.4) is 0 Å². The van der Waals surface area contributed by atoms with E-state index in [9.17, 15) is 17.2 Å². The summed E-state index contributed by atoms with van der Waals surface area (Å²) in [6, 6.07) is 6.94. The van der Waals surface area contributed by atoms with Crippen molar-refractivity contribution < 1.29 is 26.0 Å². The van der Waals surface area contributed by atoms with Crippen molar-refractivity contribution in [3.05, 3.63) is 91.4 Å². The van der Waals surface area contributed by atoms with E-state index in [4.69, 9.17) is 0 Å². The number of hydrogen-bond donors (Lipinski definition) is 0. The van der Waals surface area contributed by atoms with Crippen LogP contribution >= 0.6 is 0 Å². The van der Waals surface area contributed by atoms with Gasteiger partial charge in [-0.25, -0.2) is 26.0 Å². The molecule has 1 radical (unpaired) electrons. The lowest BCUT2D eigenvalue weighted by Gasteiger charge is -2.26. The largest absolute Gasteiger partial charge is 0.301 e. The van der Waals surface area contributed by atoms with Crippen LogP contribution in [0.25, 0.3) is 22.4 Å². The first kappa shape index (κ1) is 27.8. The first-order valence-electron chi connectivity index (χ1n) is 12.7. The predicted molar refractivity (Wildman–Crippen MR) is 142 cm³/mol. The summed E-state index contributed by atoms with van der Waals surface area (Å²) in [5.41, 5.74) is -0.289. The van der Waals surface area contributed by atoms with E-state index in [-0.39, 0.29) is 10.00 Å². The van der Waals surface area contributed by atoms with Crippen LogP contribution in [0.5, 0.6) is 0 Å². The number of anilines is 1. The number of pyridine rings is 1. The van der Waals surface area contributed by atoms with Crippen molar-refractivity contribution in [1.82, 2.24) is 19.7 Å². The van der Waals surface area contributed by atoms with Gasteiger partial charge in [0.15, 0.2) is 5.82 Å². The topological polar surface area (TPSA) is 71.3 Å². The van der Waals surface area contributed by atoms with E-state index in [0.29, 0.717) is 36.3 Å². The molecule has 0 N–H and O–H groups in total. The lowest BCUT2D eigenvalue weighted by Crippen LogP contribution is -2.32. The van der Waals surface area contributed by atoms with Gasteiger partial charge in [-0.1, -0.05) is 6.42 Å². The third kappa shape index (κ3) is 5.46. The number of likely N-dealkylation sites (tertiary alicyclic amines) is 1. The minimum atomic E-state index is -4.85. The molecular weight excluding hydrogens is 546 g/mol. The minimum absolute atomic E-state index is 0.0515. The Morgan fingerprint density at radius 3 is 2.33 bits per heavy atom. The molecule has 12 heteroatoms. The van der Waals surface area contributed by atoms with Gasteiger partial charge in [0, 0.05) is 30.7 Å². The molecule has 7 nitrogen and oxygen atoms in total. The third-order valence-corrected chi connectivity index (χ3v) is 8.53. The summed E-state index contributed by atoms with van der Waals surface area (Å²) in [7, 11) is -1.48. The van der Waals surface area contributed by atoms with Gasteiger partial charge in [0.25, 0.3) is 10.0 Å². The second kappa shape index (κ2) is 11.4. The summed E-state index contributed by atoms with van der Waals surface area (Å²) in [6.07, 6.45) is 8.16. The molecule has 3 heterocycles. The minimum Gasteiger partial charge on any atom is -0.301 e. The van der Waals surface area contributed by atoms with E-state index < -0.39 is 49.4 Å². The predicted octanol–water partition coefficient (Wildman–Crippen LogP) is 5.64. The molecule has 1 aliphatic rings. The van der Waals surface area contributed by atoms with Crippen molar-refractivity contribution >= 4 is 15.7 Å². The number of piperidine rings is 1. The SMILES string of the molecule is [CH2]N(c1ccc(F)c(-c2nn(CCN3CCCCC3)cc2-c2ccncc2)c1F)S(=O)(=O)c1cc(F)ccc1F. The van der Waals surface area contributed by atoms with Crippen LogP contribution < -0.4 is 4.31 Å². The van der Waals surface area contributed by atoms with Gasteiger partial charge < -0.3 is 4.90 Å². The van der Waals surface area contributed by atoms with E-state index >= 15 is 8.78 Å². The average Bonchev–Trinajstić information content (AvgIpc) is 3.37. The Morgan fingerprint density at radius 1 is 0.900 bits per heavy atom. The second-order valence-corrected chi connectivity index (χ2v) is 11.3. The van der Waals surface area contributed by atoms with Crippen molar-refractivity contribution in [2.45, 2.75) is 30.7 Å². The van der Waals surface area contributed by atoms with Crippen LogP contribution in [-0.4, -0.2) is 47.7 Å². The second-order valence-electron chi connectivity index (χ2n) is 9.48. The number of sulfonamides is 1. The number of benzene rings is 2. The lowest BCUT2D eigenvalue weighted by molar-refractivity contribution is 0.218. The lowest BCUT2D eigenvalue weighted by atomic mass is 10.0. The molecule has 0 amide bonds. The first-order chi connectivity index (χ1) is 19.2. The van der Waals surface area contributed by atoms with Crippen molar-refractivity contribution in [2.24, 2.45) is 0 Å². The van der Waals surface area contributed by atoms with E-state index in [1.807, 2.05) is 0 Å². The fourth-order valence-electron chi connectivity index (χ4n) is 4.76. The van der Waals surface area contributed by atoms with Crippen molar-refractivity contribution in [3.8, 4) is 22.4 Å². The Bertz CT molecular complexity index is 1620. The fourth-order valence-corrected chi connectivity index (χ4v) is 5.98. The van der Waals surface area contributed by atoms with E-state index in [1.54, 1.807) is 23.0 Å². The maximum atomic E-state index is 16.1. The normalized spacial score (nSPS) is 14.4. The molecule has 0 unspecified atom stereocenters. The molecular formula is C28H26F4N5O2S. The third-order valence-electron chi connectivity index (χ3n) is 6.88. The van der Waals surface area contributed by atoms with Gasteiger partial charge in [-0.2, -0.15) is 5.10 Å². The summed E-state index contributed by atoms with van der Waals surface area (Å²) in [6.45, 7) is 3.11. The Balaban J connectivity index is 1.58. The Kier molecular flexibility index (Phi) is 7.90. The Hall–Kier alpha value is -3.77. The van der Waals surface area contributed by atoms with Gasteiger partial charge in [-0.15, -0.1) is 0 Å². The molecule has 2 aromatic carbocycles. The molecule has 209 valence electrons. The standard InChI is InChI=1S/C28H26F4N5O2S/c1-35(40(38,39)25-17-20(29)5-6-22(25)30)24-8-7-23(31)26(27(24)32)28-21(19-9-11-33-12-10-19)18-37(34-28)16-15-36-13-3-2-4-14-36/h5-12,17-18H,1-4,13-16H2. The van der Waals surface area contributed by atoms with E-state index in [2.05, 4.69) is 22.0 Å². The van der Waals surface area contributed by atoms with Gasteiger partial charge in [0.2, 0.25) is 0 Å². The molecule has 4 aromatic rings. The van der Waals surface area contributed by atoms with Crippen molar-refractivity contribution in [1.29, 1.82) is 0 Å². The van der Waals surface area contributed by atoms with Crippen molar-refractivity contribution in [3.63, 3.8) is 0 Å². The number of aromatic nitrogens is 3. The summed E-state index contributed by atoms with van der Waals surface area (Å²) < 4.78 is 87.4. The summed E-state index contributed by atoms with van der Waals surface area (Å²) >= 11 is 0. The molecule has 1 fully saturated rings. The Morgan fingerprint density at radius 2 is 1.60 bits per heavy atom. The smallest absolute Gasteiger partial charge is 0.267 e. The molecule has 1 aliphatic heterocycles. The van der Waals surface area contributed by atoms with Crippen LogP contribution in [0.15, 0.2) is 66.0 Å².